The van der Waals surface area contributed by atoms with E-state index < -0.39 is 0 Å². The molecule has 0 radical (unpaired) electrons. The van der Waals surface area contributed by atoms with E-state index in [9.17, 15) is 0 Å². The predicted molar refractivity (Wildman–Crippen MR) is 73.5 cm³/mol. The summed E-state index contributed by atoms with van der Waals surface area (Å²) in [6.07, 6.45) is 5.77. The molecule has 0 saturated carbocycles. The second-order valence-electron chi connectivity index (χ2n) is 4.28. The Morgan fingerprint density at radius 2 is 1.94 bits per heavy atom. The van der Waals surface area contributed by atoms with E-state index in [0.29, 0.717) is 0 Å². The molecule has 2 aromatic heterocycles. The molecule has 0 atom stereocenters. The van der Waals surface area contributed by atoms with Gasteiger partial charge in [0.15, 0.2) is 0 Å². The first kappa shape index (κ1) is 10.8. The summed E-state index contributed by atoms with van der Waals surface area (Å²) < 4.78 is 1.81. The molecule has 1 N–H and O–H groups in total. The molecule has 0 aliphatic heterocycles. The average Bonchev–Trinajstić information content (AvgIpc) is 2.84. The first-order valence-corrected chi connectivity index (χ1v) is 5.83. The van der Waals surface area contributed by atoms with Crippen molar-refractivity contribution in [2.24, 2.45) is 7.05 Å². The smallest absolute Gasteiger partial charge is 0.126 e. The molecule has 3 aromatic rings. The highest BCUT2D eigenvalue weighted by molar-refractivity contribution is 5.88. The van der Waals surface area contributed by atoms with Crippen LogP contribution in [0.15, 0.2) is 42.9 Å². The zero-order valence-electron chi connectivity index (χ0n) is 10.4. The third-order valence-corrected chi connectivity index (χ3v) is 3.02. The largest absolute Gasteiger partial charge is 0.373 e. The summed E-state index contributed by atoms with van der Waals surface area (Å²) in [7, 11) is 3.80. The molecule has 90 valence electrons. The Bertz CT molecular complexity index is 700. The van der Waals surface area contributed by atoms with Crippen molar-refractivity contribution >= 4 is 16.6 Å². The van der Waals surface area contributed by atoms with Crippen molar-refractivity contribution in [1.29, 1.82) is 0 Å². The van der Waals surface area contributed by atoms with Gasteiger partial charge in [-0.05, 0) is 23.1 Å². The van der Waals surface area contributed by atoms with Gasteiger partial charge in [0.1, 0.15) is 5.82 Å². The molecule has 0 saturated heterocycles. The molecule has 18 heavy (non-hydrogen) atoms. The molecule has 3 rings (SSSR count). The lowest BCUT2D eigenvalue weighted by Gasteiger charge is -2.04. The van der Waals surface area contributed by atoms with Gasteiger partial charge in [-0.3, -0.25) is 4.68 Å². The SMILES string of the molecule is CNc1cc2cc(-c3cnn(C)c3)ccc2cn1. The zero-order chi connectivity index (χ0) is 12.5. The number of pyridine rings is 1. The fourth-order valence-corrected chi connectivity index (χ4v) is 2.03. The molecular formula is C14H14N4. The Kier molecular flexibility index (Phi) is 2.48. The van der Waals surface area contributed by atoms with Gasteiger partial charge in [-0.25, -0.2) is 4.98 Å². The number of aromatic nitrogens is 3. The van der Waals surface area contributed by atoms with E-state index in [-0.39, 0.29) is 0 Å². The molecular weight excluding hydrogens is 224 g/mol. The van der Waals surface area contributed by atoms with Crippen molar-refractivity contribution in [3.8, 4) is 11.1 Å². The molecule has 0 aliphatic rings. The molecule has 0 amide bonds. The van der Waals surface area contributed by atoms with E-state index in [4.69, 9.17) is 0 Å². The van der Waals surface area contributed by atoms with Gasteiger partial charge >= 0.3 is 0 Å². The Hall–Kier alpha value is -2.36. The van der Waals surface area contributed by atoms with Crippen LogP contribution in [-0.4, -0.2) is 21.8 Å². The first-order chi connectivity index (χ1) is 8.76. The van der Waals surface area contributed by atoms with Crippen molar-refractivity contribution in [3.05, 3.63) is 42.9 Å². The first-order valence-electron chi connectivity index (χ1n) is 5.83. The van der Waals surface area contributed by atoms with Crippen molar-refractivity contribution in [2.45, 2.75) is 0 Å². The van der Waals surface area contributed by atoms with Crippen molar-refractivity contribution in [2.75, 3.05) is 12.4 Å². The van der Waals surface area contributed by atoms with Crippen LogP contribution in [0.4, 0.5) is 5.82 Å². The van der Waals surface area contributed by atoms with E-state index in [1.807, 2.05) is 37.4 Å². The van der Waals surface area contributed by atoms with Gasteiger partial charge in [0.25, 0.3) is 0 Å². The van der Waals surface area contributed by atoms with Gasteiger partial charge in [0, 0.05) is 37.4 Å². The fourth-order valence-electron chi connectivity index (χ4n) is 2.03. The van der Waals surface area contributed by atoms with E-state index in [0.717, 1.165) is 16.8 Å². The topological polar surface area (TPSA) is 42.7 Å². The number of nitrogens with one attached hydrogen (secondary N) is 1. The highest BCUT2D eigenvalue weighted by atomic mass is 15.2. The third kappa shape index (κ3) is 1.82. The van der Waals surface area contributed by atoms with E-state index in [1.165, 1.54) is 10.9 Å². The Morgan fingerprint density at radius 3 is 2.67 bits per heavy atom. The van der Waals surface area contributed by atoms with Crippen LogP contribution in [0.5, 0.6) is 0 Å². The summed E-state index contributed by atoms with van der Waals surface area (Å²) in [5.74, 6) is 0.880. The van der Waals surface area contributed by atoms with Gasteiger partial charge in [0.05, 0.1) is 6.20 Å². The van der Waals surface area contributed by atoms with Gasteiger partial charge < -0.3 is 5.32 Å². The van der Waals surface area contributed by atoms with Crippen molar-refractivity contribution in [3.63, 3.8) is 0 Å². The molecule has 0 bridgehead atoms. The number of hydrogen-bond acceptors (Lipinski definition) is 3. The van der Waals surface area contributed by atoms with E-state index >= 15 is 0 Å². The second kappa shape index (κ2) is 4.14. The second-order valence-corrected chi connectivity index (χ2v) is 4.28. The molecule has 1 aromatic carbocycles. The monoisotopic (exact) mass is 238 g/mol. The van der Waals surface area contributed by atoms with Crippen LogP contribution in [0.1, 0.15) is 0 Å². The van der Waals surface area contributed by atoms with E-state index in [2.05, 4.69) is 39.7 Å². The normalized spacial score (nSPS) is 10.8. The molecule has 2 heterocycles. The molecule has 4 heteroatoms. The van der Waals surface area contributed by atoms with Crippen LogP contribution in [0.3, 0.4) is 0 Å². The van der Waals surface area contributed by atoms with Crippen LogP contribution in [0.25, 0.3) is 21.9 Å². The van der Waals surface area contributed by atoms with Gasteiger partial charge in [-0.15, -0.1) is 0 Å². The van der Waals surface area contributed by atoms with Crippen molar-refractivity contribution in [1.82, 2.24) is 14.8 Å². The number of anilines is 1. The molecule has 0 fully saturated rings. The van der Waals surface area contributed by atoms with Gasteiger partial charge in [0.2, 0.25) is 0 Å². The quantitative estimate of drug-likeness (QED) is 0.746. The van der Waals surface area contributed by atoms with Crippen LogP contribution in [-0.2, 0) is 7.05 Å². The Labute approximate surface area is 105 Å². The lowest BCUT2D eigenvalue weighted by atomic mass is 10.1. The standard InChI is InChI=1S/C14H14N4/c1-15-14-6-12-5-10(3-4-11(12)7-16-14)13-8-17-18(2)9-13/h3-9H,1-2H3,(H,15,16). The summed E-state index contributed by atoms with van der Waals surface area (Å²) in [5.41, 5.74) is 2.30. The predicted octanol–water partition coefficient (Wildman–Crippen LogP) is 2.68. The number of rotatable bonds is 2. The Morgan fingerprint density at radius 1 is 1.06 bits per heavy atom. The summed E-state index contributed by atoms with van der Waals surface area (Å²) >= 11 is 0. The van der Waals surface area contributed by atoms with Crippen LogP contribution < -0.4 is 5.32 Å². The van der Waals surface area contributed by atoms with E-state index in [1.54, 1.807) is 0 Å². The lowest BCUT2D eigenvalue weighted by molar-refractivity contribution is 0.768. The molecule has 0 unspecified atom stereocenters. The molecule has 0 aliphatic carbocycles. The Balaban J connectivity index is 2.14. The summed E-state index contributed by atoms with van der Waals surface area (Å²) in [6.45, 7) is 0. The van der Waals surface area contributed by atoms with Crippen LogP contribution in [0, 0.1) is 0 Å². The number of benzene rings is 1. The van der Waals surface area contributed by atoms with Crippen LogP contribution >= 0.6 is 0 Å². The maximum atomic E-state index is 4.30. The minimum Gasteiger partial charge on any atom is -0.373 e. The third-order valence-electron chi connectivity index (χ3n) is 3.02. The number of aryl methyl sites for hydroxylation is 1. The minimum atomic E-state index is 0.880. The van der Waals surface area contributed by atoms with Crippen molar-refractivity contribution < 1.29 is 0 Å². The summed E-state index contributed by atoms with van der Waals surface area (Å²) in [4.78, 5) is 4.30. The lowest BCUT2D eigenvalue weighted by Crippen LogP contribution is -1.91. The molecule has 0 spiro atoms. The zero-order valence-corrected chi connectivity index (χ0v) is 10.4. The maximum Gasteiger partial charge on any atom is 0.126 e. The molecule has 4 nitrogen and oxygen atoms in total. The summed E-state index contributed by atoms with van der Waals surface area (Å²) in [6, 6.07) is 8.40. The fraction of sp³-hybridized carbons (Fsp3) is 0.143. The number of hydrogen-bond donors (Lipinski definition) is 1. The van der Waals surface area contributed by atoms with Gasteiger partial charge in [-0.2, -0.15) is 5.10 Å². The highest BCUT2D eigenvalue weighted by Gasteiger charge is 2.03. The van der Waals surface area contributed by atoms with Gasteiger partial charge in [-0.1, -0.05) is 12.1 Å². The summed E-state index contributed by atoms with van der Waals surface area (Å²) in [5, 5.41) is 9.57. The highest BCUT2D eigenvalue weighted by Crippen LogP contribution is 2.24. The number of fused-ring (bicyclic) bond motifs is 1. The average molecular weight is 238 g/mol. The number of nitrogens with zero attached hydrogens (tertiary/aromatic N) is 3. The maximum absolute atomic E-state index is 4.30. The minimum absolute atomic E-state index is 0.880. The van der Waals surface area contributed by atoms with Crippen LogP contribution in [0.2, 0.25) is 0 Å².